The van der Waals surface area contributed by atoms with Gasteiger partial charge in [-0.15, -0.1) is 0 Å². The number of likely N-dealkylation sites (tertiary alicyclic amines) is 1. The highest BCUT2D eigenvalue weighted by molar-refractivity contribution is 7.90. The van der Waals surface area contributed by atoms with E-state index in [4.69, 9.17) is 9.47 Å². The van der Waals surface area contributed by atoms with E-state index in [-0.39, 0.29) is 23.3 Å². The number of piperidine rings is 1. The third kappa shape index (κ3) is 4.21. The molecule has 0 atom stereocenters. The van der Waals surface area contributed by atoms with Crippen LogP contribution in [0.4, 0.5) is 0 Å². The molecule has 6 rings (SSSR count). The maximum atomic E-state index is 13.5. The third-order valence-corrected chi connectivity index (χ3v) is 9.22. The molecule has 3 aromatic rings. The first kappa shape index (κ1) is 23.0. The van der Waals surface area contributed by atoms with Gasteiger partial charge in [-0.25, -0.2) is 18.4 Å². The second kappa shape index (κ2) is 8.89. The van der Waals surface area contributed by atoms with Crippen LogP contribution in [0.5, 0.6) is 11.5 Å². The normalized spacial score (nSPS) is 18.7. The summed E-state index contributed by atoms with van der Waals surface area (Å²) in [6.45, 7) is 1.62. The number of carbonyl (C=O) groups excluding carboxylic acids is 1. The van der Waals surface area contributed by atoms with Gasteiger partial charge in [-0.3, -0.25) is 4.79 Å². The summed E-state index contributed by atoms with van der Waals surface area (Å²) in [5.74, 6) is 1.79. The maximum Gasteiger partial charge on any atom is 0.233 e. The molecule has 2 aromatic carbocycles. The van der Waals surface area contributed by atoms with Crippen molar-refractivity contribution in [3.63, 3.8) is 0 Å². The molecule has 1 aliphatic carbocycles. The molecular formula is C27H27N3O5S. The second-order valence-electron chi connectivity index (χ2n) is 9.75. The predicted octanol–water partition coefficient (Wildman–Crippen LogP) is 3.62. The Bertz CT molecular complexity index is 1380. The molecular weight excluding hydrogens is 478 g/mol. The Balaban J connectivity index is 1.09. The van der Waals surface area contributed by atoms with Gasteiger partial charge in [-0.05, 0) is 73.1 Å². The fourth-order valence-electron chi connectivity index (χ4n) is 5.29. The zero-order valence-electron chi connectivity index (χ0n) is 19.8. The van der Waals surface area contributed by atoms with E-state index >= 15 is 0 Å². The zero-order chi connectivity index (χ0) is 24.8. The molecule has 0 N–H and O–H groups in total. The molecule has 3 heterocycles. The molecule has 9 heteroatoms. The number of sulfone groups is 1. The van der Waals surface area contributed by atoms with Crippen molar-refractivity contribution in [2.24, 2.45) is 0 Å². The molecule has 0 unspecified atom stereocenters. The van der Waals surface area contributed by atoms with E-state index in [2.05, 4.69) is 9.97 Å². The topological polar surface area (TPSA) is 98.7 Å². The summed E-state index contributed by atoms with van der Waals surface area (Å²) in [6.07, 6.45) is 6.32. The van der Waals surface area contributed by atoms with Gasteiger partial charge in [0.05, 0.1) is 21.8 Å². The van der Waals surface area contributed by atoms with Gasteiger partial charge in [0.1, 0.15) is 6.33 Å². The highest BCUT2D eigenvalue weighted by Crippen LogP contribution is 2.52. The lowest BCUT2D eigenvalue weighted by molar-refractivity contribution is -0.135. The molecule has 1 amide bonds. The van der Waals surface area contributed by atoms with Gasteiger partial charge < -0.3 is 14.4 Å². The monoisotopic (exact) mass is 505 g/mol. The number of ether oxygens (including phenoxy) is 2. The average Bonchev–Trinajstić information content (AvgIpc) is 3.59. The van der Waals surface area contributed by atoms with E-state index in [0.29, 0.717) is 30.5 Å². The lowest BCUT2D eigenvalue weighted by Gasteiger charge is -2.35. The first-order valence-corrected chi connectivity index (χ1v) is 13.9. The van der Waals surface area contributed by atoms with E-state index in [1.807, 2.05) is 35.2 Å². The van der Waals surface area contributed by atoms with Crippen molar-refractivity contribution >= 4 is 15.7 Å². The van der Waals surface area contributed by atoms with E-state index < -0.39 is 15.3 Å². The molecule has 1 aromatic heterocycles. The second-order valence-corrected chi connectivity index (χ2v) is 11.7. The van der Waals surface area contributed by atoms with Gasteiger partial charge in [0.25, 0.3) is 0 Å². The smallest absolute Gasteiger partial charge is 0.233 e. The summed E-state index contributed by atoms with van der Waals surface area (Å²) in [5, 5.41) is 0. The number of hydrogen-bond donors (Lipinski definition) is 0. The Morgan fingerprint density at radius 2 is 1.75 bits per heavy atom. The number of fused-ring (bicyclic) bond motifs is 1. The third-order valence-electron chi connectivity index (χ3n) is 7.56. The summed E-state index contributed by atoms with van der Waals surface area (Å²) >= 11 is 0. The predicted molar refractivity (Wildman–Crippen MR) is 131 cm³/mol. The minimum atomic E-state index is -3.48. The van der Waals surface area contributed by atoms with Crippen molar-refractivity contribution in [1.82, 2.24) is 14.9 Å². The van der Waals surface area contributed by atoms with Crippen LogP contribution in [-0.2, 0) is 25.8 Å². The number of aromatic nitrogens is 2. The lowest BCUT2D eigenvalue weighted by atomic mass is 9.87. The fraction of sp³-hybridized carbons (Fsp3) is 0.370. The number of carbonyl (C=O) groups is 1. The van der Waals surface area contributed by atoms with Crippen LogP contribution in [0.25, 0.3) is 0 Å². The molecule has 2 aliphatic heterocycles. The number of benzene rings is 2. The zero-order valence-corrected chi connectivity index (χ0v) is 20.6. The molecule has 8 nitrogen and oxygen atoms in total. The quantitative estimate of drug-likeness (QED) is 0.505. The van der Waals surface area contributed by atoms with Crippen molar-refractivity contribution in [1.29, 1.82) is 0 Å². The first-order chi connectivity index (χ1) is 17.4. The Morgan fingerprint density at radius 3 is 2.44 bits per heavy atom. The molecule has 1 saturated carbocycles. The van der Waals surface area contributed by atoms with Crippen molar-refractivity contribution < 1.29 is 22.7 Å². The SMILES string of the molecule is O=C(N1CCC(c2ccc(S(=O)(=O)Cc3ccncn3)cc2)CC1)C1(c2ccc3c(c2)OCO3)CC1. The molecule has 2 fully saturated rings. The lowest BCUT2D eigenvalue weighted by Crippen LogP contribution is -2.43. The van der Waals surface area contributed by atoms with Crippen LogP contribution in [0.2, 0.25) is 0 Å². The minimum absolute atomic E-state index is 0.152. The molecule has 3 aliphatic rings. The van der Waals surface area contributed by atoms with Gasteiger partial charge in [-0.1, -0.05) is 18.2 Å². The van der Waals surface area contributed by atoms with Gasteiger partial charge >= 0.3 is 0 Å². The Morgan fingerprint density at radius 1 is 1.00 bits per heavy atom. The standard InChI is InChI=1S/C27H27N3O5S/c31-26(27(10-11-27)21-3-6-24-25(15-21)35-18-34-24)30-13-8-20(9-14-30)19-1-4-23(5-2-19)36(32,33)16-22-7-12-28-17-29-22/h1-7,12,15,17,20H,8-11,13-14,16,18H2. The van der Waals surface area contributed by atoms with Crippen LogP contribution in [0.3, 0.4) is 0 Å². The maximum absolute atomic E-state index is 13.5. The minimum Gasteiger partial charge on any atom is -0.454 e. The summed E-state index contributed by atoms with van der Waals surface area (Å²) in [4.78, 5) is 23.6. The van der Waals surface area contributed by atoms with Crippen molar-refractivity contribution in [3.8, 4) is 11.5 Å². The largest absolute Gasteiger partial charge is 0.454 e. The average molecular weight is 506 g/mol. The van der Waals surface area contributed by atoms with Crippen molar-refractivity contribution in [2.75, 3.05) is 19.9 Å². The van der Waals surface area contributed by atoms with Gasteiger partial charge in [0.2, 0.25) is 12.7 Å². The Kier molecular flexibility index (Phi) is 5.67. The number of hydrogen-bond acceptors (Lipinski definition) is 7. The van der Waals surface area contributed by atoms with Crippen LogP contribution < -0.4 is 9.47 Å². The van der Waals surface area contributed by atoms with E-state index in [1.54, 1.807) is 18.2 Å². The first-order valence-electron chi connectivity index (χ1n) is 12.2. The van der Waals surface area contributed by atoms with Crippen molar-refractivity contribution in [3.05, 3.63) is 77.9 Å². The molecule has 0 spiro atoms. The van der Waals surface area contributed by atoms with Crippen molar-refractivity contribution in [2.45, 2.75) is 47.7 Å². The van der Waals surface area contributed by atoms with Crippen LogP contribution >= 0.6 is 0 Å². The fourth-order valence-corrected chi connectivity index (χ4v) is 6.57. The number of amides is 1. The number of nitrogens with zero attached hydrogens (tertiary/aromatic N) is 3. The molecule has 186 valence electrons. The van der Waals surface area contributed by atoms with Gasteiger partial charge in [0.15, 0.2) is 21.3 Å². The molecule has 1 saturated heterocycles. The highest BCUT2D eigenvalue weighted by Gasteiger charge is 2.53. The van der Waals surface area contributed by atoms with Gasteiger partial charge in [0, 0.05) is 19.3 Å². The van der Waals surface area contributed by atoms with E-state index in [9.17, 15) is 13.2 Å². The number of rotatable bonds is 6. The van der Waals surface area contributed by atoms with Gasteiger partial charge in [-0.2, -0.15) is 0 Å². The van der Waals surface area contributed by atoms with Crippen LogP contribution in [0.1, 0.15) is 48.4 Å². The highest BCUT2D eigenvalue weighted by atomic mass is 32.2. The van der Waals surface area contributed by atoms with E-state index in [1.165, 1.54) is 12.5 Å². The van der Waals surface area contributed by atoms with E-state index in [0.717, 1.165) is 42.6 Å². The Hall–Kier alpha value is -3.46. The molecule has 0 radical (unpaired) electrons. The summed E-state index contributed by atoms with van der Waals surface area (Å²) < 4.78 is 36.5. The summed E-state index contributed by atoms with van der Waals surface area (Å²) in [5.41, 5.74) is 2.16. The summed E-state index contributed by atoms with van der Waals surface area (Å²) in [6, 6.07) is 14.6. The van der Waals surface area contributed by atoms with Crippen LogP contribution in [0.15, 0.2) is 66.0 Å². The molecule has 0 bridgehead atoms. The van der Waals surface area contributed by atoms with Crippen LogP contribution in [0, 0.1) is 0 Å². The Labute approximate surface area is 210 Å². The van der Waals surface area contributed by atoms with Crippen LogP contribution in [-0.4, -0.2) is 49.1 Å². The molecule has 36 heavy (non-hydrogen) atoms. The summed E-state index contributed by atoms with van der Waals surface area (Å²) in [7, 11) is -3.48.